The molecule has 3 aromatic rings. The van der Waals surface area contributed by atoms with Gasteiger partial charge in [0.2, 0.25) is 5.91 Å². The van der Waals surface area contributed by atoms with Gasteiger partial charge < -0.3 is 10.1 Å². The van der Waals surface area contributed by atoms with E-state index >= 15 is 0 Å². The fraction of sp³-hybridized carbons (Fsp3) is 0.250. The maximum atomic E-state index is 11.8. The Morgan fingerprint density at radius 3 is 2.80 bits per heavy atom. The van der Waals surface area contributed by atoms with Crippen LogP contribution in [0.25, 0.3) is 22.2 Å². The molecule has 6 nitrogen and oxygen atoms in total. The van der Waals surface area contributed by atoms with E-state index in [9.17, 15) is 4.79 Å². The van der Waals surface area contributed by atoms with Crippen molar-refractivity contribution in [1.82, 2.24) is 10.3 Å². The minimum atomic E-state index is -0.436. The lowest BCUT2D eigenvalue weighted by atomic mass is 9.99. The van der Waals surface area contributed by atoms with Crippen LogP contribution in [-0.4, -0.2) is 29.3 Å². The zero-order chi connectivity index (χ0) is 20.7. The van der Waals surface area contributed by atoms with Gasteiger partial charge >= 0.3 is 0 Å². The number of aromatic nitrogens is 1. The van der Waals surface area contributed by atoms with Gasteiger partial charge in [-0.2, -0.15) is 0 Å². The van der Waals surface area contributed by atoms with Crippen molar-refractivity contribution in [2.24, 2.45) is 15.9 Å². The molecule has 30 heavy (non-hydrogen) atoms. The maximum Gasteiger partial charge on any atom is 0.226 e. The van der Waals surface area contributed by atoms with Crippen molar-refractivity contribution in [2.45, 2.75) is 33.1 Å². The number of hydrogen-bond donors (Lipinski definition) is 1. The van der Waals surface area contributed by atoms with Gasteiger partial charge in [0.1, 0.15) is 12.2 Å². The summed E-state index contributed by atoms with van der Waals surface area (Å²) >= 11 is 0. The van der Waals surface area contributed by atoms with Gasteiger partial charge in [-0.1, -0.05) is 42.5 Å². The van der Waals surface area contributed by atoms with Crippen LogP contribution in [0.2, 0.25) is 0 Å². The highest BCUT2D eigenvalue weighted by Crippen LogP contribution is 2.31. The van der Waals surface area contributed by atoms with E-state index in [2.05, 4.69) is 59.5 Å². The molecule has 0 bridgehead atoms. The first kappa shape index (κ1) is 18.6. The monoisotopic (exact) mass is 398 g/mol. The lowest BCUT2D eigenvalue weighted by Gasteiger charge is -2.22. The molecule has 1 fully saturated rings. The van der Waals surface area contributed by atoms with Gasteiger partial charge in [-0.25, -0.2) is 15.0 Å². The zero-order valence-corrected chi connectivity index (χ0v) is 16.9. The average molecular weight is 398 g/mol. The molecule has 1 aromatic heterocycles. The average Bonchev–Trinajstić information content (AvgIpc) is 3.13. The van der Waals surface area contributed by atoms with Gasteiger partial charge in [-0.05, 0) is 31.0 Å². The van der Waals surface area contributed by atoms with E-state index in [1.807, 2.05) is 18.2 Å². The Morgan fingerprint density at radius 2 is 1.93 bits per heavy atom. The lowest BCUT2D eigenvalue weighted by molar-refractivity contribution is -0.119. The number of pyridine rings is 1. The molecule has 2 atom stereocenters. The fourth-order valence-electron chi connectivity index (χ4n) is 4.12. The molecular weight excluding hydrogens is 376 g/mol. The number of nitrogens with zero attached hydrogens (tertiary/aromatic N) is 3. The summed E-state index contributed by atoms with van der Waals surface area (Å²) in [5, 5.41) is 3.87. The number of aliphatic imine (C=N–C) groups is 2. The molecular formula is C24H22N4O2. The second-order valence-electron chi connectivity index (χ2n) is 7.80. The van der Waals surface area contributed by atoms with Gasteiger partial charge in [0, 0.05) is 22.9 Å². The molecule has 0 saturated carbocycles. The summed E-state index contributed by atoms with van der Waals surface area (Å²) in [6.45, 7) is 4.52. The number of rotatable bonds is 4. The molecule has 3 heterocycles. The number of benzene rings is 2. The number of aryl methyl sites for hydroxylation is 2. The Balaban J connectivity index is 1.52. The quantitative estimate of drug-likeness (QED) is 0.723. The second-order valence-corrected chi connectivity index (χ2v) is 7.80. The normalized spacial score (nSPS) is 20.2. The van der Waals surface area contributed by atoms with Crippen molar-refractivity contribution in [3.8, 4) is 11.3 Å². The largest absolute Gasteiger partial charge is 0.351 e. The molecule has 2 unspecified atom stereocenters. The number of hydrogen-bond acceptors (Lipinski definition) is 5. The first-order valence-corrected chi connectivity index (χ1v) is 10.1. The molecule has 0 spiro atoms. The van der Waals surface area contributed by atoms with Gasteiger partial charge in [0.15, 0.2) is 6.23 Å². The number of nitrogens with one attached hydrogen (secondary N) is 1. The van der Waals surface area contributed by atoms with Crippen molar-refractivity contribution in [3.63, 3.8) is 0 Å². The minimum Gasteiger partial charge on any atom is -0.351 e. The molecule has 2 aromatic carbocycles. The highest BCUT2D eigenvalue weighted by atomic mass is 16.5. The van der Waals surface area contributed by atoms with Gasteiger partial charge in [0.05, 0.1) is 23.7 Å². The molecule has 150 valence electrons. The van der Waals surface area contributed by atoms with E-state index in [1.54, 1.807) is 0 Å². The SMILES string of the molecule is Cc1ccccc1-c1nc2c(C)cccc2cc1COC1N=CN=C2NC(=O)CC21. The lowest BCUT2D eigenvalue weighted by Crippen LogP contribution is -2.33. The van der Waals surface area contributed by atoms with E-state index in [0.717, 1.165) is 38.9 Å². The first-order valence-electron chi connectivity index (χ1n) is 10.1. The van der Waals surface area contributed by atoms with E-state index < -0.39 is 6.23 Å². The van der Waals surface area contributed by atoms with Gasteiger partial charge in [-0.3, -0.25) is 4.79 Å². The number of amidine groups is 1. The summed E-state index contributed by atoms with van der Waals surface area (Å²) in [7, 11) is 0. The Hall–Kier alpha value is -3.38. The van der Waals surface area contributed by atoms with Gasteiger partial charge in [-0.15, -0.1) is 0 Å². The molecule has 0 aliphatic carbocycles. The summed E-state index contributed by atoms with van der Waals surface area (Å²) in [5.74, 6) is 0.452. The first-order chi connectivity index (χ1) is 14.6. The smallest absolute Gasteiger partial charge is 0.226 e. The van der Waals surface area contributed by atoms with E-state index in [-0.39, 0.29) is 11.8 Å². The Labute approximate surface area is 174 Å². The van der Waals surface area contributed by atoms with Crippen LogP contribution < -0.4 is 5.32 Å². The second kappa shape index (κ2) is 7.46. The summed E-state index contributed by atoms with van der Waals surface area (Å²) in [5.41, 5.74) is 6.31. The predicted octanol–water partition coefficient (Wildman–Crippen LogP) is 3.94. The van der Waals surface area contributed by atoms with Crippen molar-refractivity contribution in [1.29, 1.82) is 0 Å². The summed E-state index contributed by atoms with van der Waals surface area (Å²) < 4.78 is 6.20. The molecule has 5 rings (SSSR count). The number of carbonyl (C=O) groups excluding carboxylic acids is 1. The van der Waals surface area contributed by atoms with Crippen LogP contribution in [0.4, 0.5) is 0 Å². The molecule has 1 amide bonds. The molecule has 1 saturated heterocycles. The Kier molecular flexibility index (Phi) is 4.64. The van der Waals surface area contributed by atoms with Crippen LogP contribution in [0, 0.1) is 19.8 Å². The number of fused-ring (bicyclic) bond motifs is 2. The zero-order valence-electron chi connectivity index (χ0n) is 16.9. The number of carbonyl (C=O) groups is 1. The number of ether oxygens (including phenoxy) is 1. The third-order valence-corrected chi connectivity index (χ3v) is 5.71. The minimum absolute atomic E-state index is 0.0405. The van der Waals surface area contributed by atoms with E-state index in [0.29, 0.717) is 18.9 Å². The highest BCUT2D eigenvalue weighted by Gasteiger charge is 2.37. The molecule has 6 heteroatoms. The van der Waals surface area contributed by atoms with Crippen molar-refractivity contribution in [3.05, 3.63) is 65.2 Å². The van der Waals surface area contributed by atoms with Crippen molar-refractivity contribution in [2.75, 3.05) is 0 Å². The molecule has 2 aliphatic rings. The van der Waals surface area contributed by atoms with Crippen molar-refractivity contribution < 1.29 is 9.53 Å². The van der Waals surface area contributed by atoms with Crippen LogP contribution in [0.15, 0.2) is 58.5 Å². The predicted molar refractivity (Wildman–Crippen MR) is 117 cm³/mol. The molecule has 0 radical (unpaired) electrons. The van der Waals surface area contributed by atoms with E-state index in [4.69, 9.17) is 9.72 Å². The standard InChI is InChI=1S/C24H22N4O2/c1-14-6-3-4-9-18(14)22-17(10-16-8-5-7-15(2)21(16)28-22)12-30-24-19-11-20(29)27-23(19)25-13-26-24/h3-10,13,19,24H,11-12H2,1-2H3,(H,25,26,27,29). The van der Waals surface area contributed by atoms with Gasteiger partial charge in [0.25, 0.3) is 0 Å². The Morgan fingerprint density at radius 1 is 1.10 bits per heavy atom. The highest BCUT2D eigenvalue weighted by molar-refractivity contribution is 6.09. The fourth-order valence-corrected chi connectivity index (χ4v) is 4.12. The van der Waals surface area contributed by atoms with Crippen LogP contribution in [-0.2, 0) is 16.1 Å². The van der Waals surface area contributed by atoms with Crippen LogP contribution in [0.5, 0.6) is 0 Å². The Bertz CT molecular complexity index is 1220. The summed E-state index contributed by atoms with van der Waals surface area (Å²) in [6, 6.07) is 16.6. The molecule has 2 aliphatic heterocycles. The number of para-hydroxylation sites is 1. The summed E-state index contributed by atoms with van der Waals surface area (Å²) in [4.78, 5) is 25.4. The van der Waals surface area contributed by atoms with Crippen LogP contribution in [0.1, 0.15) is 23.1 Å². The van der Waals surface area contributed by atoms with E-state index in [1.165, 1.54) is 6.34 Å². The maximum absolute atomic E-state index is 11.8. The third kappa shape index (κ3) is 3.29. The number of amides is 1. The summed E-state index contributed by atoms with van der Waals surface area (Å²) in [6.07, 6.45) is 1.38. The van der Waals surface area contributed by atoms with Crippen molar-refractivity contribution >= 4 is 29.0 Å². The topological polar surface area (TPSA) is 75.9 Å². The third-order valence-electron chi connectivity index (χ3n) is 5.71. The molecule has 1 N–H and O–H groups in total. The van der Waals surface area contributed by atoms with Crippen LogP contribution >= 0.6 is 0 Å². The van der Waals surface area contributed by atoms with Crippen LogP contribution in [0.3, 0.4) is 0 Å².